The summed E-state index contributed by atoms with van der Waals surface area (Å²) in [6.07, 6.45) is 4.97. The molecule has 1 N–H and O–H groups in total. The average Bonchev–Trinajstić information content (AvgIpc) is 3.31. The molecule has 10 nitrogen and oxygen atoms in total. The first-order valence-electron chi connectivity index (χ1n) is 12.0. The van der Waals surface area contributed by atoms with E-state index in [1.807, 2.05) is 30.9 Å². The minimum Gasteiger partial charge on any atom is -0.379 e. The van der Waals surface area contributed by atoms with Gasteiger partial charge in [-0.05, 0) is 38.5 Å². The number of piperidine rings is 1. The Hall–Kier alpha value is -3.26. The van der Waals surface area contributed by atoms with Gasteiger partial charge in [0.25, 0.3) is 11.5 Å². The molecular formula is C25H31N5O5. The second-order valence-corrected chi connectivity index (χ2v) is 8.88. The first-order valence-corrected chi connectivity index (χ1v) is 12.0. The monoisotopic (exact) mass is 481 g/mol. The molecule has 4 rings (SSSR count). The van der Waals surface area contributed by atoms with Crippen LogP contribution in [0.4, 0.5) is 5.82 Å². The summed E-state index contributed by atoms with van der Waals surface area (Å²) in [4.78, 5) is 32.8. The molecule has 0 atom stereocenters. The summed E-state index contributed by atoms with van der Waals surface area (Å²) in [6, 6.07) is 7.24. The van der Waals surface area contributed by atoms with Crippen molar-refractivity contribution >= 4 is 23.4 Å². The zero-order valence-electron chi connectivity index (χ0n) is 20.2. The van der Waals surface area contributed by atoms with Gasteiger partial charge in [-0.3, -0.25) is 14.0 Å². The second kappa shape index (κ2) is 11.0. The predicted molar refractivity (Wildman–Crippen MR) is 130 cm³/mol. The molecule has 0 unspecified atom stereocenters. The molecule has 0 aliphatic carbocycles. The molecule has 2 aliphatic heterocycles. The van der Waals surface area contributed by atoms with Crippen LogP contribution in [-0.2, 0) is 19.0 Å². The highest BCUT2D eigenvalue weighted by atomic mass is 16.7. The number of carbonyl (C=O) groups excluding carboxylic acids is 1. The molecule has 4 heterocycles. The number of amides is 1. The van der Waals surface area contributed by atoms with Gasteiger partial charge < -0.3 is 24.4 Å². The molecule has 2 aromatic heterocycles. The molecule has 10 heteroatoms. The minimum absolute atomic E-state index is 0.114. The highest BCUT2D eigenvalue weighted by molar-refractivity contribution is 6.02. The maximum Gasteiger partial charge on any atom is 0.267 e. The highest BCUT2D eigenvalue weighted by Gasteiger charge is 2.40. The number of fused-ring (bicyclic) bond motifs is 1. The molecule has 0 aromatic carbocycles. The summed E-state index contributed by atoms with van der Waals surface area (Å²) >= 11 is 0. The lowest BCUT2D eigenvalue weighted by atomic mass is 10.0. The Balaban J connectivity index is 1.60. The number of rotatable bonds is 8. The van der Waals surface area contributed by atoms with Crippen molar-refractivity contribution in [2.75, 3.05) is 44.4 Å². The van der Waals surface area contributed by atoms with Gasteiger partial charge in [-0.15, -0.1) is 0 Å². The van der Waals surface area contributed by atoms with Gasteiger partial charge in [-0.25, -0.2) is 4.98 Å². The Labute approximate surface area is 204 Å². The molecule has 186 valence electrons. The molecule has 35 heavy (non-hydrogen) atoms. The molecule has 0 saturated carbocycles. The van der Waals surface area contributed by atoms with Crippen LogP contribution < -0.4 is 15.8 Å². The lowest BCUT2D eigenvalue weighted by Gasteiger charge is -2.38. The van der Waals surface area contributed by atoms with E-state index in [-0.39, 0.29) is 22.8 Å². The number of carbonyl (C=O) groups is 1. The number of hydrogen-bond acceptors (Lipinski definition) is 8. The lowest BCUT2D eigenvalue weighted by molar-refractivity contribution is -0.169. The first-order chi connectivity index (χ1) is 16.9. The van der Waals surface area contributed by atoms with E-state index in [1.165, 1.54) is 10.5 Å². The summed E-state index contributed by atoms with van der Waals surface area (Å²) in [5.74, 6) is -0.666. The van der Waals surface area contributed by atoms with E-state index in [2.05, 4.69) is 5.32 Å². The van der Waals surface area contributed by atoms with E-state index in [0.29, 0.717) is 70.2 Å². The van der Waals surface area contributed by atoms with Crippen molar-refractivity contribution in [1.29, 1.82) is 5.26 Å². The standard InChI is InChI=1S/C25H31N5O5/c1-18(2)33-13-5-9-27-23(31)19(17-26)16-20-22(28-21-6-3-4-10-30(21)24(20)32)29-11-7-25(8-12-29)34-14-15-35-25/h3-4,6,10,16,18H,5,7-9,11-15H2,1-2H3,(H,27,31). The summed E-state index contributed by atoms with van der Waals surface area (Å²) < 4.78 is 18.5. The number of aromatic nitrogens is 2. The number of hydrogen-bond donors (Lipinski definition) is 1. The third-order valence-corrected chi connectivity index (χ3v) is 6.10. The molecule has 0 radical (unpaired) electrons. The summed E-state index contributed by atoms with van der Waals surface area (Å²) in [5, 5.41) is 12.4. The fourth-order valence-corrected chi connectivity index (χ4v) is 4.28. The van der Waals surface area contributed by atoms with Gasteiger partial charge in [0.1, 0.15) is 23.1 Å². The molecule has 1 amide bonds. The predicted octanol–water partition coefficient (Wildman–Crippen LogP) is 1.88. The van der Waals surface area contributed by atoms with Crippen molar-refractivity contribution in [2.24, 2.45) is 0 Å². The molecule has 2 fully saturated rings. The Morgan fingerprint density at radius 1 is 1.31 bits per heavy atom. The number of anilines is 1. The van der Waals surface area contributed by atoms with Gasteiger partial charge in [0.15, 0.2) is 5.79 Å². The van der Waals surface area contributed by atoms with Gasteiger partial charge in [0.2, 0.25) is 0 Å². The zero-order chi connectivity index (χ0) is 24.8. The summed E-state index contributed by atoms with van der Waals surface area (Å²) in [6.45, 7) is 7.05. The van der Waals surface area contributed by atoms with Crippen LogP contribution in [0.3, 0.4) is 0 Å². The van der Waals surface area contributed by atoms with E-state index in [4.69, 9.17) is 19.2 Å². The topological polar surface area (TPSA) is 118 Å². The average molecular weight is 482 g/mol. The normalized spacial score (nSPS) is 17.8. The number of ether oxygens (including phenoxy) is 3. The van der Waals surface area contributed by atoms with Gasteiger partial charge in [-0.2, -0.15) is 5.26 Å². The number of nitriles is 1. The van der Waals surface area contributed by atoms with Crippen molar-refractivity contribution in [3.8, 4) is 6.07 Å². The zero-order valence-corrected chi connectivity index (χ0v) is 20.2. The lowest BCUT2D eigenvalue weighted by Crippen LogP contribution is -2.46. The van der Waals surface area contributed by atoms with Crippen LogP contribution >= 0.6 is 0 Å². The van der Waals surface area contributed by atoms with Gasteiger partial charge in [-0.1, -0.05) is 6.07 Å². The van der Waals surface area contributed by atoms with Crippen molar-refractivity contribution in [3.05, 3.63) is 45.9 Å². The van der Waals surface area contributed by atoms with Crippen LogP contribution in [-0.4, -0.2) is 66.6 Å². The Bertz CT molecular complexity index is 1180. The van der Waals surface area contributed by atoms with Gasteiger partial charge >= 0.3 is 0 Å². The molecule has 2 aromatic rings. The number of nitrogens with one attached hydrogen (secondary N) is 1. The maximum absolute atomic E-state index is 13.4. The quantitative estimate of drug-likeness (QED) is 0.345. The summed E-state index contributed by atoms with van der Waals surface area (Å²) in [7, 11) is 0. The second-order valence-electron chi connectivity index (χ2n) is 8.88. The summed E-state index contributed by atoms with van der Waals surface area (Å²) in [5.41, 5.74) is 0.200. The van der Waals surface area contributed by atoms with E-state index in [9.17, 15) is 14.9 Å². The largest absolute Gasteiger partial charge is 0.379 e. The van der Waals surface area contributed by atoms with Crippen LogP contribution in [0.2, 0.25) is 0 Å². The molecule has 1 spiro atoms. The van der Waals surface area contributed by atoms with Crippen LogP contribution in [0, 0.1) is 11.3 Å². The maximum atomic E-state index is 13.4. The SMILES string of the molecule is CC(C)OCCCNC(=O)C(C#N)=Cc1c(N2CCC3(CC2)OCCO3)nc2ccccn2c1=O. The van der Waals surface area contributed by atoms with Crippen LogP contribution in [0.1, 0.15) is 38.7 Å². The molecule has 2 saturated heterocycles. The van der Waals surface area contributed by atoms with Gasteiger partial charge in [0.05, 0.1) is 24.9 Å². The van der Waals surface area contributed by atoms with Crippen molar-refractivity contribution < 1.29 is 19.0 Å². The minimum atomic E-state index is -0.574. The van der Waals surface area contributed by atoms with Crippen LogP contribution in [0.15, 0.2) is 34.8 Å². The van der Waals surface area contributed by atoms with E-state index < -0.39 is 11.7 Å². The third kappa shape index (κ3) is 5.70. The van der Waals surface area contributed by atoms with Crippen molar-refractivity contribution in [2.45, 2.75) is 45.0 Å². The fourth-order valence-electron chi connectivity index (χ4n) is 4.28. The Morgan fingerprint density at radius 3 is 2.74 bits per heavy atom. The highest BCUT2D eigenvalue weighted by Crippen LogP contribution is 2.33. The number of pyridine rings is 1. The van der Waals surface area contributed by atoms with E-state index in [1.54, 1.807) is 18.3 Å². The Morgan fingerprint density at radius 2 is 2.06 bits per heavy atom. The number of nitrogens with zero attached hydrogens (tertiary/aromatic N) is 4. The van der Waals surface area contributed by atoms with E-state index in [0.717, 1.165) is 0 Å². The first kappa shape index (κ1) is 24.9. The van der Waals surface area contributed by atoms with Crippen LogP contribution in [0.25, 0.3) is 11.7 Å². The molecule has 0 bridgehead atoms. The Kier molecular flexibility index (Phi) is 7.80. The van der Waals surface area contributed by atoms with Crippen molar-refractivity contribution in [3.63, 3.8) is 0 Å². The molecular weight excluding hydrogens is 450 g/mol. The molecule has 2 aliphatic rings. The van der Waals surface area contributed by atoms with E-state index >= 15 is 0 Å². The van der Waals surface area contributed by atoms with Gasteiger partial charge in [0, 0.05) is 45.3 Å². The smallest absolute Gasteiger partial charge is 0.267 e. The van der Waals surface area contributed by atoms with Crippen molar-refractivity contribution in [1.82, 2.24) is 14.7 Å². The fraction of sp³-hybridized carbons (Fsp3) is 0.520. The van der Waals surface area contributed by atoms with Crippen LogP contribution in [0.5, 0.6) is 0 Å². The third-order valence-electron chi connectivity index (χ3n) is 6.10.